The van der Waals surface area contributed by atoms with Crippen molar-refractivity contribution in [3.05, 3.63) is 34.3 Å². The van der Waals surface area contributed by atoms with Crippen LogP contribution in [0.1, 0.15) is 38.2 Å². The molecule has 1 atom stereocenters. The second-order valence-electron chi connectivity index (χ2n) is 5.95. The number of carbonyl (C=O) groups is 2. The van der Waals surface area contributed by atoms with Crippen LogP contribution in [0.5, 0.6) is 0 Å². The number of nitrogens with zero attached hydrogens (tertiary/aromatic N) is 1. The zero-order valence-corrected chi connectivity index (χ0v) is 13.6. The summed E-state index contributed by atoms with van der Waals surface area (Å²) in [5, 5.41) is 2.85. The van der Waals surface area contributed by atoms with E-state index in [1.807, 2.05) is 29.2 Å². The summed E-state index contributed by atoms with van der Waals surface area (Å²) >= 11 is 3.53. The molecular weight excluding hydrogens is 332 g/mol. The third kappa shape index (κ3) is 2.37. The predicted octanol–water partition coefficient (Wildman–Crippen LogP) is 2.61. The molecule has 1 aromatic carbocycles. The number of nitrogens with one attached hydrogen (secondary N) is 1. The third-order valence-corrected chi connectivity index (χ3v) is 5.41. The normalized spacial score (nSPS) is 24.5. The van der Waals surface area contributed by atoms with E-state index in [1.54, 1.807) is 6.92 Å². The van der Waals surface area contributed by atoms with E-state index in [-0.39, 0.29) is 11.8 Å². The van der Waals surface area contributed by atoms with Gasteiger partial charge in [-0.15, -0.1) is 0 Å². The SMILES string of the molecule is CC1NC(=O)C2(CCCC2)N(Cc2ccccc2Br)C1=O. The van der Waals surface area contributed by atoms with Crippen LogP contribution in [-0.2, 0) is 16.1 Å². The molecule has 1 spiro atoms. The fourth-order valence-corrected chi connectivity index (χ4v) is 3.85. The highest BCUT2D eigenvalue weighted by Gasteiger charge is 2.52. The lowest BCUT2D eigenvalue weighted by atomic mass is 9.89. The molecule has 1 aliphatic carbocycles. The van der Waals surface area contributed by atoms with Crippen molar-refractivity contribution in [2.75, 3.05) is 0 Å². The summed E-state index contributed by atoms with van der Waals surface area (Å²) < 4.78 is 0.976. The summed E-state index contributed by atoms with van der Waals surface area (Å²) in [6.07, 6.45) is 3.53. The molecule has 1 aliphatic heterocycles. The van der Waals surface area contributed by atoms with Crippen LogP contribution in [-0.4, -0.2) is 28.3 Å². The number of hydrogen-bond acceptors (Lipinski definition) is 2. The van der Waals surface area contributed by atoms with Crippen molar-refractivity contribution in [2.45, 2.75) is 50.7 Å². The first-order valence-corrected chi connectivity index (χ1v) is 8.20. The maximum absolute atomic E-state index is 12.6. The molecule has 2 fully saturated rings. The van der Waals surface area contributed by atoms with Crippen molar-refractivity contribution >= 4 is 27.7 Å². The van der Waals surface area contributed by atoms with Gasteiger partial charge in [-0.25, -0.2) is 0 Å². The average Bonchev–Trinajstić information content (AvgIpc) is 2.94. The van der Waals surface area contributed by atoms with Gasteiger partial charge in [-0.05, 0) is 31.4 Å². The smallest absolute Gasteiger partial charge is 0.246 e. The van der Waals surface area contributed by atoms with Gasteiger partial charge in [0, 0.05) is 11.0 Å². The number of benzene rings is 1. The van der Waals surface area contributed by atoms with Crippen LogP contribution < -0.4 is 5.32 Å². The quantitative estimate of drug-likeness (QED) is 0.891. The van der Waals surface area contributed by atoms with Gasteiger partial charge in [0.05, 0.1) is 0 Å². The van der Waals surface area contributed by atoms with Crippen molar-refractivity contribution in [1.82, 2.24) is 10.2 Å². The Labute approximate surface area is 133 Å². The lowest BCUT2D eigenvalue weighted by molar-refractivity contribution is -0.157. The standard InChI is InChI=1S/C16H19BrN2O2/c1-11-14(20)19(10-12-6-2-3-7-13(12)17)16(15(21)18-11)8-4-5-9-16/h2-3,6-7,11H,4-5,8-10H2,1H3,(H,18,21). The number of amides is 2. The number of rotatable bonds is 2. The van der Waals surface area contributed by atoms with Gasteiger partial charge in [-0.3, -0.25) is 9.59 Å². The van der Waals surface area contributed by atoms with Gasteiger partial charge in [0.25, 0.3) is 0 Å². The number of piperazine rings is 1. The second kappa shape index (κ2) is 5.44. The molecule has 1 N–H and O–H groups in total. The topological polar surface area (TPSA) is 49.4 Å². The zero-order chi connectivity index (χ0) is 15.0. The highest BCUT2D eigenvalue weighted by atomic mass is 79.9. The van der Waals surface area contributed by atoms with Crippen LogP contribution in [0.4, 0.5) is 0 Å². The summed E-state index contributed by atoms with van der Waals surface area (Å²) in [5.41, 5.74) is 0.401. The second-order valence-corrected chi connectivity index (χ2v) is 6.80. The Hall–Kier alpha value is -1.36. The molecule has 1 heterocycles. The molecule has 112 valence electrons. The molecule has 5 heteroatoms. The minimum absolute atomic E-state index is 0.0131. The molecule has 0 aromatic heterocycles. The van der Waals surface area contributed by atoms with Crippen molar-refractivity contribution in [2.24, 2.45) is 0 Å². The third-order valence-electron chi connectivity index (χ3n) is 4.64. The minimum atomic E-state index is -0.640. The Bertz CT molecular complexity index is 581. The summed E-state index contributed by atoms with van der Waals surface area (Å²) in [5.74, 6) is 0.0337. The van der Waals surface area contributed by atoms with Crippen molar-refractivity contribution in [3.63, 3.8) is 0 Å². The van der Waals surface area contributed by atoms with Gasteiger partial charge in [0.15, 0.2) is 0 Å². The van der Waals surface area contributed by atoms with Gasteiger partial charge < -0.3 is 10.2 Å². The van der Waals surface area contributed by atoms with Gasteiger partial charge in [-0.1, -0.05) is 47.0 Å². The molecule has 1 aromatic rings. The van der Waals surface area contributed by atoms with E-state index in [2.05, 4.69) is 21.2 Å². The molecule has 21 heavy (non-hydrogen) atoms. The summed E-state index contributed by atoms with van der Waals surface area (Å²) in [4.78, 5) is 27.0. The average molecular weight is 351 g/mol. The highest BCUT2D eigenvalue weighted by Crippen LogP contribution is 2.39. The van der Waals surface area contributed by atoms with E-state index in [9.17, 15) is 9.59 Å². The molecule has 1 unspecified atom stereocenters. The fraction of sp³-hybridized carbons (Fsp3) is 0.500. The van der Waals surface area contributed by atoms with Crippen molar-refractivity contribution in [1.29, 1.82) is 0 Å². The Kier molecular flexibility index (Phi) is 3.78. The Morgan fingerprint density at radius 3 is 2.62 bits per heavy atom. The molecule has 2 amide bonds. The zero-order valence-electron chi connectivity index (χ0n) is 12.1. The van der Waals surface area contributed by atoms with Gasteiger partial charge in [0.2, 0.25) is 11.8 Å². The summed E-state index contributed by atoms with van der Waals surface area (Å²) in [6, 6.07) is 7.43. The number of carbonyl (C=O) groups excluding carboxylic acids is 2. The minimum Gasteiger partial charge on any atom is -0.343 e. The highest BCUT2D eigenvalue weighted by molar-refractivity contribution is 9.10. The Morgan fingerprint density at radius 2 is 1.95 bits per heavy atom. The van der Waals surface area contributed by atoms with Crippen molar-refractivity contribution in [3.8, 4) is 0 Å². The molecule has 3 rings (SSSR count). The Balaban J connectivity index is 1.97. The van der Waals surface area contributed by atoms with Crippen LogP contribution in [0.3, 0.4) is 0 Å². The molecular formula is C16H19BrN2O2. The fourth-order valence-electron chi connectivity index (χ4n) is 3.44. The van der Waals surface area contributed by atoms with Gasteiger partial charge in [-0.2, -0.15) is 0 Å². The summed E-state index contributed by atoms with van der Waals surface area (Å²) in [6.45, 7) is 2.24. The molecule has 0 radical (unpaired) electrons. The Morgan fingerprint density at radius 1 is 1.29 bits per heavy atom. The van der Waals surface area contributed by atoms with Gasteiger partial charge in [0.1, 0.15) is 11.6 Å². The molecule has 4 nitrogen and oxygen atoms in total. The van der Waals surface area contributed by atoms with Crippen LogP contribution in [0.2, 0.25) is 0 Å². The molecule has 1 saturated heterocycles. The van der Waals surface area contributed by atoms with Crippen LogP contribution in [0, 0.1) is 0 Å². The largest absolute Gasteiger partial charge is 0.343 e. The summed E-state index contributed by atoms with van der Waals surface area (Å²) in [7, 11) is 0. The lowest BCUT2D eigenvalue weighted by Gasteiger charge is -2.45. The van der Waals surface area contributed by atoms with E-state index in [0.29, 0.717) is 6.54 Å². The number of halogens is 1. The van der Waals surface area contributed by atoms with E-state index in [1.165, 1.54) is 0 Å². The lowest BCUT2D eigenvalue weighted by Crippen LogP contribution is -2.68. The van der Waals surface area contributed by atoms with Crippen LogP contribution >= 0.6 is 15.9 Å². The van der Waals surface area contributed by atoms with Crippen LogP contribution in [0.15, 0.2) is 28.7 Å². The van der Waals surface area contributed by atoms with Crippen LogP contribution in [0.25, 0.3) is 0 Å². The molecule has 0 bridgehead atoms. The van der Waals surface area contributed by atoms with E-state index >= 15 is 0 Å². The monoisotopic (exact) mass is 350 g/mol. The molecule has 2 aliphatic rings. The first-order chi connectivity index (χ1) is 10.0. The van der Waals surface area contributed by atoms with E-state index < -0.39 is 11.6 Å². The van der Waals surface area contributed by atoms with E-state index in [0.717, 1.165) is 35.7 Å². The number of hydrogen-bond donors (Lipinski definition) is 1. The van der Waals surface area contributed by atoms with Gasteiger partial charge >= 0.3 is 0 Å². The maximum atomic E-state index is 12.6. The maximum Gasteiger partial charge on any atom is 0.246 e. The first-order valence-electron chi connectivity index (χ1n) is 7.40. The molecule has 1 saturated carbocycles. The van der Waals surface area contributed by atoms with E-state index in [4.69, 9.17) is 0 Å². The van der Waals surface area contributed by atoms with Crippen molar-refractivity contribution < 1.29 is 9.59 Å². The first kappa shape index (κ1) is 14.6. The predicted molar refractivity (Wildman–Crippen MR) is 83.5 cm³/mol.